The summed E-state index contributed by atoms with van der Waals surface area (Å²) in [7, 11) is 0. The average Bonchev–Trinajstić information content (AvgIpc) is 2.75. The highest BCUT2D eigenvalue weighted by Crippen LogP contribution is 2.24. The molecule has 7 heteroatoms. The van der Waals surface area contributed by atoms with Crippen LogP contribution in [0.15, 0.2) is 18.3 Å². The maximum atomic E-state index is 10.7. The number of hydrogen-bond donors (Lipinski definition) is 1. The fraction of sp³-hybridized carbons (Fsp3) is 0.333. The van der Waals surface area contributed by atoms with Crippen LogP contribution in [0.1, 0.15) is 28.5 Å². The molecule has 0 saturated carbocycles. The monoisotopic (exact) mass is 278 g/mol. The lowest BCUT2D eigenvalue weighted by Crippen LogP contribution is -2.08. The lowest BCUT2D eigenvalue weighted by Gasteiger charge is -2.12. The molecule has 1 atom stereocenters. The summed E-state index contributed by atoms with van der Waals surface area (Å²) >= 11 is 1.62. The number of nitrogens with zero attached hydrogens (tertiary/aromatic N) is 3. The van der Waals surface area contributed by atoms with Crippen LogP contribution in [-0.4, -0.2) is 14.9 Å². The van der Waals surface area contributed by atoms with Gasteiger partial charge in [-0.2, -0.15) is 0 Å². The van der Waals surface area contributed by atoms with Crippen LogP contribution in [0.5, 0.6) is 0 Å². The minimum absolute atomic E-state index is 0.0204. The SMILES string of the molecule is Cc1cnc(C(C)Nc2ccc([N+](=O)[O-])c(C)n2)s1. The number of hydrogen-bond acceptors (Lipinski definition) is 6. The second kappa shape index (κ2) is 5.31. The first-order valence-corrected chi connectivity index (χ1v) is 6.60. The summed E-state index contributed by atoms with van der Waals surface area (Å²) in [6.45, 7) is 5.61. The molecule has 0 amide bonds. The highest BCUT2D eigenvalue weighted by Gasteiger charge is 2.14. The van der Waals surface area contributed by atoms with Gasteiger partial charge < -0.3 is 5.32 Å². The lowest BCUT2D eigenvalue weighted by atomic mass is 10.3. The molecular weight excluding hydrogens is 264 g/mol. The van der Waals surface area contributed by atoms with Gasteiger partial charge in [0.1, 0.15) is 16.5 Å². The third-order valence-electron chi connectivity index (χ3n) is 2.63. The van der Waals surface area contributed by atoms with E-state index in [1.165, 1.54) is 6.07 Å². The van der Waals surface area contributed by atoms with Crippen LogP contribution in [-0.2, 0) is 0 Å². The molecule has 0 aromatic carbocycles. The van der Waals surface area contributed by atoms with Crippen molar-refractivity contribution in [2.24, 2.45) is 0 Å². The van der Waals surface area contributed by atoms with Crippen molar-refractivity contribution >= 4 is 22.8 Å². The minimum atomic E-state index is -0.431. The first-order valence-electron chi connectivity index (χ1n) is 5.78. The van der Waals surface area contributed by atoms with E-state index in [-0.39, 0.29) is 11.7 Å². The Bertz CT molecular complexity index is 612. The number of pyridine rings is 1. The van der Waals surface area contributed by atoms with E-state index >= 15 is 0 Å². The third-order valence-corrected chi connectivity index (χ3v) is 3.72. The third kappa shape index (κ3) is 3.05. The van der Waals surface area contributed by atoms with E-state index in [0.717, 1.165) is 9.88 Å². The summed E-state index contributed by atoms with van der Waals surface area (Å²) < 4.78 is 0. The molecule has 2 aromatic rings. The van der Waals surface area contributed by atoms with Crippen LogP contribution >= 0.6 is 11.3 Å². The molecule has 0 saturated heterocycles. The van der Waals surface area contributed by atoms with Gasteiger partial charge in [0.25, 0.3) is 5.69 Å². The summed E-state index contributed by atoms with van der Waals surface area (Å²) in [6.07, 6.45) is 1.83. The van der Waals surface area contributed by atoms with Gasteiger partial charge in [-0.1, -0.05) is 0 Å². The van der Waals surface area contributed by atoms with Gasteiger partial charge in [-0.15, -0.1) is 11.3 Å². The van der Waals surface area contributed by atoms with Crippen molar-refractivity contribution in [3.05, 3.63) is 44.0 Å². The molecule has 0 aliphatic heterocycles. The molecule has 6 nitrogen and oxygen atoms in total. The zero-order valence-electron chi connectivity index (χ0n) is 10.9. The maximum absolute atomic E-state index is 10.7. The molecule has 0 aliphatic carbocycles. The number of aromatic nitrogens is 2. The van der Waals surface area contributed by atoms with Crippen LogP contribution in [0.2, 0.25) is 0 Å². The molecule has 2 rings (SSSR count). The second-order valence-corrected chi connectivity index (χ2v) is 5.50. The Labute approximate surface area is 114 Å². The fourth-order valence-electron chi connectivity index (χ4n) is 1.68. The van der Waals surface area contributed by atoms with E-state index in [9.17, 15) is 10.1 Å². The van der Waals surface area contributed by atoms with Crippen LogP contribution in [0.4, 0.5) is 11.5 Å². The minimum Gasteiger partial charge on any atom is -0.361 e. The zero-order valence-corrected chi connectivity index (χ0v) is 11.7. The number of rotatable bonds is 4. The Morgan fingerprint density at radius 2 is 2.16 bits per heavy atom. The number of anilines is 1. The molecule has 0 aliphatic rings. The summed E-state index contributed by atoms with van der Waals surface area (Å²) in [5.74, 6) is 0.614. The first kappa shape index (κ1) is 13.4. The van der Waals surface area contributed by atoms with Gasteiger partial charge >= 0.3 is 0 Å². The van der Waals surface area contributed by atoms with Gasteiger partial charge in [-0.25, -0.2) is 9.97 Å². The van der Waals surface area contributed by atoms with Crippen molar-refractivity contribution in [1.82, 2.24) is 9.97 Å². The number of aryl methyl sites for hydroxylation is 2. The van der Waals surface area contributed by atoms with E-state index in [2.05, 4.69) is 15.3 Å². The summed E-state index contributed by atoms with van der Waals surface area (Å²) in [5.41, 5.74) is 0.431. The van der Waals surface area contributed by atoms with E-state index in [4.69, 9.17) is 0 Å². The van der Waals surface area contributed by atoms with Crippen molar-refractivity contribution in [3.8, 4) is 0 Å². The Kier molecular flexibility index (Phi) is 3.75. The fourth-order valence-corrected chi connectivity index (χ4v) is 2.46. The number of nitro groups is 1. The van der Waals surface area contributed by atoms with Gasteiger partial charge in [0, 0.05) is 17.1 Å². The first-order chi connectivity index (χ1) is 8.97. The molecule has 2 heterocycles. The van der Waals surface area contributed by atoms with Gasteiger partial charge in [0.15, 0.2) is 0 Å². The zero-order chi connectivity index (χ0) is 14.0. The number of thiazole rings is 1. The normalized spacial score (nSPS) is 12.2. The average molecular weight is 278 g/mol. The second-order valence-electron chi connectivity index (χ2n) is 4.23. The molecule has 1 unspecified atom stereocenters. The predicted molar refractivity (Wildman–Crippen MR) is 74.5 cm³/mol. The van der Waals surface area contributed by atoms with Crippen molar-refractivity contribution in [2.45, 2.75) is 26.8 Å². The van der Waals surface area contributed by atoms with Gasteiger partial charge in [-0.3, -0.25) is 10.1 Å². The van der Waals surface area contributed by atoms with Crippen molar-refractivity contribution in [2.75, 3.05) is 5.32 Å². The topological polar surface area (TPSA) is 81.0 Å². The van der Waals surface area contributed by atoms with E-state index in [0.29, 0.717) is 11.5 Å². The summed E-state index contributed by atoms with van der Waals surface area (Å²) in [6, 6.07) is 3.10. The molecule has 0 radical (unpaired) electrons. The van der Waals surface area contributed by atoms with Crippen LogP contribution in [0, 0.1) is 24.0 Å². The Hall–Kier alpha value is -2.02. The molecule has 0 fully saturated rings. The number of nitrogens with one attached hydrogen (secondary N) is 1. The quantitative estimate of drug-likeness (QED) is 0.686. The molecule has 0 bridgehead atoms. The maximum Gasteiger partial charge on any atom is 0.290 e. The summed E-state index contributed by atoms with van der Waals surface area (Å²) in [5, 5.41) is 14.9. The van der Waals surface area contributed by atoms with Crippen LogP contribution < -0.4 is 5.32 Å². The molecule has 1 N–H and O–H groups in total. The predicted octanol–water partition coefficient (Wildman–Crippen LogP) is 3.24. The van der Waals surface area contributed by atoms with Crippen LogP contribution in [0.25, 0.3) is 0 Å². The lowest BCUT2D eigenvalue weighted by molar-refractivity contribution is -0.385. The van der Waals surface area contributed by atoms with Gasteiger partial charge in [0.2, 0.25) is 0 Å². The Morgan fingerprint density at radius 3 is 2.68 bits per heavy atom. The molecule has 100 valence electrons. The van der Waals surface area contributed by atoms with Crippen molar-refractivity contribution in [1.29, 1.82) is 0 Å². The largest absolute Gasteiger partial charge is 0.361 e. The molecule has 0 spiro atoms. The Morgan fingerprint density at radius 1 is 1.42 bits per heavy atom. The van der Waals surface area contributed by atoms with E-state index in [1.54, 1.807) is 24.3 Å². The van der Waals surface area contributed by atoms with Crippen molar-refractivity contribution < 1.29 is 4.92 Å². The molecular formula is C12H14N4O2S. The van der Waals surface area contributed by atoms with Crippen LogP contribution in [0.3, 0.4) is 0 Å². The van der Waals surface area contributed by atoms with Gasteiger partial charge in [-0.05, 0) is 26.8 Å². The van der Waals surface area contributed by atoms with Gasteiger partial charge in [0.05, 0.1) is 11.0 Å². The highest BCUT2D eigenvalue weighted by atomic mass is 32.1. The summed E-state index contributed by atoms with van der Waals surface area (Å²) in [4.78, 5) is 19.9. The smallest absolute Gasteiger partial charge is 0.290 e. The standard InChI is InChI=1S/C12H14N4O2S/c1-7-6-13-12(19-7)9(3)15-11-5-4-10(16(17)18)8(2)14-11/h4-6,9H,1-3H3,(H,14,15). The Balaban J connectivity index is 2.15. The highest BCUT2D eigenvalue weighted by molar-refractivity contribution is 7.11. The van der Waals surface area contributed by atoms with E-state index < -0.39 is 4.92 Å². The molecule has 19 heavy (non-hydrogen) atoms. The van der Waals surface area contributed by atoms with E-state index in [1.807, 2.05) is 20.0 Å². The molecule has 2 aromatic heterocycles. The van der Waals surface area contributed by atoms with Crippen molar-refractivity contribution in [3.63, 3.8) is 0 Å².